The van der Waals surface area contributed by atoms with Gasteiger partial charge in [-0.2, -0.15) is 0 Å². The number of ether oxygens (including phenoxy) is 1. The van der Waals surface area contributed by atoms with Crippen LogP contribution in [0.4, 0.5) is 0 Å². The third-order valence-electron chi connectivity index (χ3n) is 3.65. The van der Waals surface area contributed by atoms with Crippen LogP contribution in [0.1, 0.15) is 47.0 Å². The highest BCUT2D eigenvalue weighted by Crippen LogP contribution is 2.33. The van der Waals surface area contributed by atoms with Gasteiger partial charge in [0.1, 0.15) is 0 Å². The predicted octanol–water partition coefficient (Wildman–Crippen LogP) is 1.76. The van der Waals surface area contributed by atoms with Crippen molar-refractivity contribution in [2.24, 2.45) is 5.73 Å². The van der Waals surface area contributed by atoms with Gasteiger partial charge in [0.05, 0.1) is 11.2 Å². The monoisotopic (exact) mass is 226 g/mol. The molecule has 3 nitrogen and oxygen atoms in total. The lowest BCUT2D eigenvalue weighted by molar-refractivity contribution is -0.183. The molecule has 1 heterocycles. The summed E-state index contributed by atoms with van der Waals surface area (Å²) >= 11 is 0. The summed E-state index contributed by atoms with van der Waals surface area (Å²) in [4.78, 5) is 2.49. The molecule has 0 unspecified atom stereocenters. The molecular formula is C13H26N2O. The maximum atomic E-state index is 6.33. The van der Waals surface area contributed by atoms with Crippen molar-refractivity contribution in [2.75, 3.05) is 19.6 Å². The minimum absolute atomic E-state index is 0.0537. The minimum Gasteiger partial charge on any atom is -0.367 e. The minimum atomic E-state index is -0.0537. The zero-order chi connectivity index (χ0) is 12.0. The van der Waals surface area contributed by atoms with Crippen molar-refractivity contribution >= 4 is 0 Å². The summed E-state index contributed by atoms with van der Waals surface area (Å²) in [6.45, 7) is 11.7. The number of hydrogen-bond donors (Lipinski definition) is 1. The molecule has 2 aliphatic rings. The quantitative estimate of drug-likeness (QED) is 0.779. The van der Waals surface area contributed by atoms with E-state index < -0.39 is 0 Å². The fraction of sp³-hybridized carbons (Fsp3) is 1.00. The number of nitrogens with two attached hydrogens (primary N) is 1. The average molecular weight is 226 g/mol. The molecule has 2 rings (SSSR count). The number of hydrogen-bond acceptors (Lipinski definition) is 3. The van der Waals surface area contributed by atoms with Crippen LogP contribution in [0.2, 0.25) is 0 Å². The zero-order valence-corrected chi connectivity index (χ0v) is 11.2. The molecule has 1 saturated heterocycles. The van der Waals surface area contributed by atoms with Gasteiger partial charge in [-0.25, -0.2) is 0 Å². The molecule has 3 heteroatoms. The molecule has 16 heavy (non-hydrogen) atoms. The first-order valence-electron chi connectivity index (χ1n) is 6.41. The highest BCUT2D eigenvalue weighted by Gasteiger charge is 2.42. The van der Waals surface area contributed by atoms with Crippen LogP contribution < -0.4 is 5.73 Å². The second-order valence-corrected chi connectivity index (χ2v) is 6.98. The normalized spacial score (nSPS) is 32.1. The van der Waals surface area contributed by atoms with Gasteiger partial charge in [0.25, 0.3) is 0 Å². The molecule has 0 spiro atoms. The van der Waals surface area contributed by atoms with E-state index in [1.54, 1.807) is 0 Å². The summed E-state index contributed by atoms with van der Waals surface area (Å²) in [5.74, 6) is 0. The van der Waals surface area contributed by atoms with Crippen molar-refractivity contribution < 1.29 is 4.74 Å². The van der Waals surface area contributed by atoms with Gasteiger partial charge in [0, 0.05) is 25.2 Å². The molecule has 1 aliphatic carbocycles. The molecule has 0 aromatic rings. The molecule has 0 atom stereocenters. The van der Waals surface area contributed by atoms with Crippen LogP contribution in [0.25, 0.3) is 0 Å². The maximum Gasteiger partial charge on any atom is 0.0760 e. The van der Waals surface area contributed by atoms with Crippen LogP contribution in [-0.4, -0.2) is 41.3 Å². The number of rotatable bonds is 2. The van der Waals surface area contributed by atoms with Gasteiger partial charge in [-0.3, -0.25) is 4.90 Å². The van der Waals surface area contributed by atoms with E-state index in [0.29, 0.717) is 0 Å². The Morgan fingerprint density at radius 1 is 1.06 bits per heavy atom. The van der Waals surface area contributed by atoms with Crippen molar-refractivity contribution in [1.29, 1.82) is 0 Å². The van der Waals surface area contributed by atoms with E-state index in [1.807, 2.05) is 0 Å². The molecule has 0 bridgehead atoms. The first kappa shape index (κ1) is 12.3. The van der Waals surface area contributed by atoms with Crippen LogP contribution in [0, 0.1) is 0 Å². The third kappa shape index (κ3) is 2.76. The van der Waals surface area contributed by atoms with E-state index in [0.717, 1.165) is 19.6 Å². The Morgan fingerprint density at radius 3 is 1.94 bits per heavy atom. The zero-order valence-electron chi connectivity index (χ0n) is 11.2. The van der Waals surface area contributed by atoms with Gasteiger partial charge in [-0.1, -0.05) is 0 Å². The molecule has 0 aromatic heterocycles. The highest BCUT2D eigenvalue weighted by molar-refractivity contribution is 4.98. The van der Waals surface area contributed by atoms with E-state index in [2.05, 4.69) is 32.6 Å². The summed E-state index contributed by atoms with van der Waals surface area (Å²) in [5, 5.41) is 0. The highest BCUT2D eigenvalue weighted by atomic mass is 16.5. The Bertz CT molecular complexity index is 253. The van der Waals surface area contributed by atoms with Crippen molar-refractivity contribution in [3.05, 3.63) is 0 Å². The molecular weight excluding hydrogens is 200 g/mol. The van der Waals surface area contributed by atoms with Crippen molar-refractivity contribution in [3.8, 4) is 0 Å². The number of nitrogens with zero attached hydrogens (tertiary/aromatic N) is 1. The fourth-order valence-corrected chi connectivity index (χ4v) is 3.29. The maximum absolute atomic E-state index is 6.33. The average Bonchev–Trinajstić information content (AvgIpc) is 1.94. The molecule has 0 radical (unpaired) electrons. The molecule has 2 fully saturated rings. The lowest BCUT2D eigenvalue weighted by Gasteiger charge is -2.51. The standard InChI is InChI=1S/C13H26N2O/c1-11(2)8-15(9-12(3,4)16-11)10-13(14)6-5-7-13/h5-10,14H2,1-4H3. The van der Waals surface area contributed by atoms with Crippen molar-refractivity contribution in [2.45, 2.75) is 63.7 Å². The Labute approximate surface area is 99.3 Å². The fourth-order valence-electron chi connectivity index (χ4n) is 3.29. The summed E-state index contributed by atoms with van der Waals surface area (Å²) in [6.07, 6.45) is 3.67. The lowest BCUT2D eigenvalue weighted by Crippen LogP contribution is -2.63. The molecule has 0 aromatic carbocycles. The van der Waals surface area contributed by atoms with E-state index >= 15 is 0 Å². The number of morpholine rings is 1. The lowest BCUT2D eigenvalue weighted by atomic mass is 9.77. The summed E-state index contributed by atoms with van der Waals surface area (Å²) in [6, 6.07) is 0. The first-order valence-corrected chi connectivity index (χ1v) is 6.41. The van der Waals surface area contributed by atoms with Crippen LogP contribution in [0.5, 0.6) is 0 Å². The van der Waals surface area contributed by atoms with Crippen LogP contribution in [-0.2, 0) is 4.74 Å². The van der Waals surface area contributed by atoms with Crippen LogP contribution >= 0.6 is 0 Å². The van der Waals surface area contributed by atoms with Crippen LogP contribution in [0.3, 0.4) is 0 Å². The van der Waals surface area contributed by atoms with Crippen molar-refractivity contribution in [3.63, 3.8) is 0 Å². The van der Waals surface area contributed by atoms with Gasteiger partial charge in [0.2, 0.25) is 0 Å². The van der Waals surface area contributed by atoms with Gasteiger partial charge in [0.15, 0.2) is 0 Å². The Hall–Kier alpha value is -0.120. The van der Waals surface area contributed by atoms with Gasteiger partial charge < -0.3 is 10.5 Å². The molecule has 0 amide bonds. The van der Waals surface area contributed by atoms with Gasteiger partial charge >= 0.3 is 0 Å². The van der Waals surface area contributed by atoms with E-state index in [4.69, 9.17) is 10.5 Å². The summed E-state index contributed by atoms with van der Waals surface area (Å²) in [7, 11) is 0. The van der Waals surface area contributed by atoms with Gasteiger partial charge in [-0.05, 0) is 47.0 Å². The molecule has 1 saturated carbocycles. The summed E-state index contributed by atoms with van der Waals surface area (Å²) < 4.78 is 6.08. The molecule has 94 valence electrons. The Morgan fingerprint density at radius 2 is 1.56 bits per heavy atom. The summed E-state index contributed by atoms with van der Waals surface area (Å²) in [5.41, 5.74) is 6.31. The Balaban J connectivity index is 1.99. The first-order chi connectivity index (χ1) is 7.20. The third-order valence-corrected chi connectivity index (χ3v) is 3.65. The molecule has 1 aliphatic heterocycles. The van der Waals surface area contributed by atoms with E-state index in [1.165, 1.54) is 19.3 Å². The Kier molecular flexibility index (Phi) is 2.84. The topological polar surface area (TPSA) is 38.5 Å². The molecule has 2 N–H and O–H groups in total. The largest absolute Gasteiger partial charge is 0.367 e. The second kappa shape index (κ2) is 3.69. The van der Waals surface area contributed by atoms with E-state index in [9.17, 15) is 0 Å². The SMILES string of the molecule is CC1(C)CN(CC2(N)CCC2)CC(C)(C)O1. The van der Waals surface area contributed by atoms with E-state index in [-0.39, 0.29) is 16.7 Å². The smallest absolute Gasteiger partial charge is 0.0760 e. The van der Waals surface area contributed by atoms with Crippen molar-refractivity contribution in [1.82, 2.24) is 4.90 Å². The predicted molar refractivity (Wildman–Crippen MR) is 66.5 cm³/mol. The van der Waals surface area contributed by atoms with Gasteiger partial charge in [-0.15, -0.1) is 0 Å². The van der Waals surface area contributed by atoms with Crippen LogP contribution in [0.15, 0.2) is 0 Å². The second-order valence-electron chi connectivity index (χ2n) is 6.98.